The van der Waals surface area contributed by atoms with Crippen LogP contribution in [0.1, 0.15) is 11.1 Å². The van der Waals surface area contributed by atoms with Crippen LogP contribution in [0.25, 0.3) is 0 Å². The fraction of sp³-hybridized carbons (Fsp3) is 0.417. The normalized spacial score (nSPS) is 27.3. The maximum Gasteiger partial charge on any atom is 0.436 e. The van der Waals surface area contributed by atoms with Gasteiger partial charge < -0.3 is 5.32 Å². The number of benzene rings is 1. The molecule has 1 aliphatic rings. The third-order valence-corrected chi connectivity index (χ3v) is 5.27. The van der Waals surface area contributed by atoms with Crippen molar-refractivity contribution in [3.8, 4) is 0 Å². The Hall–Kier alpha value is -1.48. The summed E-state index contributed by atoms with van der Waals surface area (Å²) in [5.74, 6) is 0. The van der Waals surface area contributed by atoms with Crippen molar-refractivity contribution in [2.24, 2.45) is 0 Å². The number of aryl methyl sites for hydroxylation is 2. The van der Waals surface area contributed by atoms with E-state index in [-0.39, 0.29) is 0 Å². The molecule has 0 unspecified atom stereocenters. The molecule has 0 saturated carbocycles. The molecule has 126 valence electrons. The third-order valence-electron chi connectivity index (χ3n) is 3.11. The standard InChI is InChI=1S/C12H15BrN3O6P/c1-8-3-4-10(9(2)5-8)14-11(17)15-23(20)21-6-12(13,7-22-23)16(18)19/h3-5H,6-7H2,1-2H3,(H2,14,15,17,20). The maximum atomic E-state index is 12.2. The topological polar surface area (TPSA) is 120 Å². The van der Waals surface area contributed by atoms with Crippen LogP contribution in [-0.2, 0) is 13.6 Å². The Labute approximate surface area is 140 Å². The largest absolute Gasteiger partial charge is 0.436 e. The molecule has 1 aromatic rings. The molecule has 0 spiro atoms. The van der Waals surface area contributed by atoms with Gasteiger partial charge in [0.25, 0.3) is 0 Å². The molecule has 2 rings (SSSR count). The fourth-order valence-electron chi connectivity index (χ4n) is 1.85. The predicted octanol–water partition coefficient (Wildman–Crippen LogP) is 2.95. The molecule has 1 aliphatic heterocycles. The lowest BCUT2D eigenvalue weighted by molar-refractivity contribution is -0.542. The van der Waals surface area contributed by atoms with E-state index < -0.39 is 36.4 Å². The highest BCUT2D eigenvalue weighted by molar-refractivity contribution is 9.10. The third kappa shape index (κ3) is 4.29. The van der Waals surface area contributed by atoms with Crippen molar-refractivity contribution in [3.63, 3.8) is 0 Å². The molecule has 0 aliphatic carbocycles. The summed E-state index contributed by atoms with van der Waals surface area (Å²) in [4.78, 5) is 22.1. The van der Waals surface area contributed by atoms with Crippen molar-refractivity contribution in [1.82, 2.24) is 5.09 Å². The van der Waals surface area contributed by atoms with Crippen LogP contribution in [0.3, 0.4) is 0 Å². The van der Waals surface area contributed by atoms with E-state index in [4.69, 9.17) is 9.05 Å². The highest BCUT2D eigenvalue weighted by Crippen LogP contribution is 2.50. The number of urea groups is 1. The number of carbonyl (C=O) groups is 1. The van der Waals surface area contributed by atoms with Crippen LogP contribution in [0.15, 0.2) is 18.2 Å². The first-order valence-electron chi connectivity index (χ1n) is 6.53. The van der Waals surface area contributed by atoms with Gasteiger partial charge in [-0.05, 0) is 25.5 Å². The Morgan fingerprint density at radius 1 is 1.39 bits per heavy atom. The molecule has 0 aromatic heterocycles. The molecule has 11 heteroatoms. The molecule has 1 fully saturated rings. The molecule has 1 saturated heterocycles. The first-order valence-corrected chi connectivity index (χ1v) is 8.86. The summed E-state index contributed by atoms with van der Waals surface area (Å²) in [5.41, 5.74) is 2.40. The number of nitro groups is 1. The van der Waals surface area contributed by atoms with Crippen LogP contribution < -0.4 is 10.4 Å². The summed E-state index contributed by atoms with van der Waals surface area (Å²) >= 11 is 2.85. The summed E-state index contributed by atoms with van der Waals surface area (Å²) in [6, 6.07) is 4.61. The molecule has 0 bridgehead atoms. The summed E-state index contributed by atoms with van der Waals surface area (Å²) in [7, 11) is -3.95. The van der Waals surface area contributed by atoms with Crippen LogP contribution >= 0.6 is 23.7 Å². The van der Waals surface area contributed by atoms with Gasteiger partial charge in [-0.15, -0.1) is 0 Å². The average molecular weight is 408 g/mol. The number of halogens is 1. The Morgan fingerprint density at radius 3 is 2.52 bits per heavy atom. The number of amides is 2. The smallest absolute Gasteiger partial charge is 0.307 e. The molecule has 1 heterocycles. The first kappa shape index (κ1) is 17.9. The van der Waals surface area contributed by atoms with E-state index in [9.17, 15) is 19.5 Å². The van der Waals surface area contributed by atoms with Crippen LogP contribution in [0.4, 0.5) is 10.5 Å². The minimum absolute atomic E-state index is 0.499. The van der Waals surface area contributed by atoms with Crippen molar-refractivity contribution in [3.05, 3.63) is 39.4 Å². The molecule has 2 amide bonds. The quantitative estimate of drug-likeness (QED) is 0.261. The second-order valence-corrected chi connectivity index (χ2v) is 8.31. The predicted molar refractivity (Wildman–Crippen MR) is 86.2 cm³/mol. The van der Waals surface area contributed by atoms with Crippen LogP contribution in [0.2, 0.25) is 0 Å². The van der Waals surface area contributed by atoms with Crippen molar-refractivity contribution >= 4 is 35.4 Å². The highest BCUT2D eigenvalue weighted by atomic mass is 79.9. The van der Waals surface area contributed by atoms with E-state index >= 15 is 0 Å². The van der Waals surface area contributed by atoms with E-state index in [1.807, 2.05) is 26.0 Å². The minimum atomic E-state index is -3.95. The molecule has 9 nitrogen and oxygen atoms in total. The van der Waals surface area contributed by atoms with Gasteiger partial charge in [-0.2, -0.15) is 0 Å². The van der Waals surface area contributed by atoms with Gasteiger partial charge in [0.15, 0.2) is 0 Å². The van der Waals surface area contributed by atoms with Crippen LogP contribution in [0, 0.1) is 24.0 Å². The second-order valence-electron chi connectivity index (χ2n) is 5.10. The molecular weight excluding hydrogens is 393 g/mol. The second kappa shape index (κ2) is 6.56. The Balaban J connectivity index is 1.98. The molecule has 2 N–H and O–H groups in total. The van der Waals surface area contributed by atoms with Gasteiger partial charge in [0, 0.05) is 26.5 Å². The van der Waals surface area contributed by atoms with E-state index in [0.717, 1.165) is 11.1 Å². The van der Waals surface area contributed by atoms with Gasteiger partial charge >= 0.3 is 18.2 Å². The zero-order valence-corrected chi connectivity index (χ0v) is 14.8. The summed E-state index contributed by atoms with van der Waals surface area (Å²) in [6.07, 6.45) is 0. The minimum Gasteiger partial charge on any atom is -0.307 e. The number of carbonyl (C=O) groups excluding carboxylic acids is 1. The molecule has 0 radical (unpaired) electrons. The molecular formula is C12H15BrN3O6P. The van der Waals surface area contributed by atoms with Crippen LogP contribution in [0.5, 0.6) is 0 Å². The van der Waals surface area contributed by atoms with Crippen molar-refractivity contribution in [1.29, 1.82) is 0 Å². The SMILES string of the molecule is Cc1ccc(NC(=O)NP2(=O)OCC(Br)([N+](=O)[O-])CO2)c(C)c1. The number of nitrogens with one attached hydrogen (secondary N) is 2. The molecule has 23 heavy (non-hydrogen) atoms. The van der Waals surface area contributed by atoms with Gasteiger partial charge in [0.2, 0.25) is 0 Å². The van der Waals surface area contributed by atoms with E-state index in [1.165, 1.54) is 0 Å². The average Bonchev–Trinajstić information content (AvgIpc) is 2.45. The van der Waals surface area contributed by atoms with Crippen molar-refractivity contribution in [2.45, 2.75) is 18.3 Å². The highest BCUT2D eigenvalue weighted by Gasteiger charge is 2.50. The van der Waals surface area contributed by atoms with E-state index in [0.29, 0.717) is 5.69 Å². The van der Waals surface area contributed by atoms with Gasteiger partial charge in [0.1, 0.15) is 13.2 Å². The van der Waals surface area contributed by atoms with E-state index in [1.54, 1.807) is 6.07 Å². The lowest BCUT2D eigenvalue weighted by Crippen LogP contribution is -2.45. The monoisotopic (exact) mass is 407 g/mol. The van der Waals surface area contributed by atoms with Gasteiger partial charge in [-0.1, -0.05) is 17.7 Å². The maximum absolute atomic E-state index is 12.2. The fourth-order valence-corrected chi connectivity index (χ4v) is 3.70. The Bertz CT molecular complexity index is 685. The first-order chi connectivity index (χ1) is 10.6. The Morgan fingerprint density at radius 2 is 2.00 bits per heavy atom. The number of nitrogens with zero attached hydrogens (tertiary/aromatic N) is 1. The number of hydrogen-bond acceptors (Lipinski definition) is 6. The van der Waals surface area contributed by atoms with E-state index in [2.05, 4.69) is 26.3 Å². The van der Waals surface area contributed by atoms with Gasteiger partial charge in [0.05, 0.1) is 0 Å². The Kier molecular flexibility index (Phi) is 5.10. The lowest BCUT2D eigenvalue weighted by atomic mass is 10.1. The molecule has 1 aromatic carbocycles. The zero-order valence-electron chi connectivity index (χ0n) is 12.4. The summed E-state index contributed by atoms with van der Waals surface area (Å²) in [5, 5.41) is 15.4. The summed E-state index contributed by atoms with van der Waals surface area (Å²) < 4.78 is 20.3. The van der Waals surface area contributed by atoms with Gasteiger partial charge in [-0.3, -0.25) is 19.2 Å². The number of rotatable bonds is 3. The lowest BCUT2D eigenvalue weighted by Gasteiger charge is -2.29. The number of hydrogen-bond donors (Lipinski definition) is 2. The van der Waals surface area contributed by atoms with Crippen molar-refractivity contribution < 1.29 is 23.3 Å². The summed E-state index contributed by atoms with van der Waals surface area (Å²) in [6.45, 7) is 2.73. The molecule has 0 atom stereocenters. The number of alkyl halides is 1. The van der Waals surface area contributed by atoms with Gasteiger partial charge in [-0.25, -0.2) is 14.4 Å². The number of anilines is 1. The van der Waals surface area contributed by atoms with Crippen LogP contribution in [-0.4, -0.2) is 28.6 Å². The zero-order chi connectivity index (χ0) is 17.3. The van der Waals surface area contributed by atoms with Crippen molar-refractivity contribution in [2.75, 3.05) is 18.5 Å².